The summed E-state index contributed by atoms with van der Waals surface area (Å²) >= 11 is 0. The van der Waals surface area contributed by atoms with E-state index in [0.29, 0.717) is 16.8 Å². The van der Waals surface area contributed by atoms with E-state index in [0.717, 1.165) is 21.7 Å². The van der Waals surface area contributed by atoms with E-state index >= 15 is 0 Å². The molecule has 7 nitrogen and oxygen atoms in total. The number of nitrogens with zero attached hydrogens (tertiary/aromatic N) is 2. The number of hydrogen-bond acceptors (Lipinski definition) is 4. The van der Waals surface area contributed by atoms with Crippen LogP contribution in [0.25, 0.3) is 0 Å². The molecule has 196 valence electrons. The summed E-state index contributed by atoms with van der Waals surface area (Å²) in [5.41, 5.74) is 3.38. The summed E-state index contributed by atoms with van der Waals surface area (Å²) in [6, 6.07) is 19.3. The summed E-state index contributed by atoms with van der Waals surface area (Å²) in [4.78, 5) is 28.3. The molecule has 0 fully saturated rings. The van der Waals surface area contributed by atoms with Crippen molar-refractivity contribution in [1.29, 1.82) is 0 Å². The van der Waals surface area contributed by atoms with Gasteiger partial charge in [-0.1, -0.05) is 54.6 Å². The van der Waals surface area contributed by atoms with Crippen LogP contribution in [0, 0.1) is 19.7 Å². The summed E-state index contributed by atoms with van der Waals surface area (Å²) in [6.07, 6.45) is 1.27. The topological polar surface area (TPSA) is 86.8 Å². The molecule has 0 radical (unpaired) electrons. The van der Waals surface area contributed by atoms with Crippen molar-refractivity contribution in [2.24, 2.45) is 0 Å². The summed E-state index contributed by atoms with van der Waals surface area (Å²) in [6.45, 7) is 3.12. The molecule has 0 heterocycles. The third kappa shape index (κ3) is 7.39. The van der Waals surface area contributed by atoms with E-state index < -0.39 is 40.2 Å². The second kappa shape index (κ2) is 12.0. The Morgan fingerprint density at radius 3 is 2.19 bits per heavy atom. The number of amides is 2. The second-order valence-corrected chi connectivity index (χ2v) is 10.9. The van der Waals surface area contributed by atoms with Crippen LogP contribution in [0.4, 0.5) is 10.1 Å². The molecule has 37 heavy (non-hydrogen) atoms. The molecule has 1 N–H and O–H groups in total. The van der Waals surface area contributed by atoms with Crippen molar-refractivity contribution in [3.63, 3.8) is 0 Å². The van der Waals surface area contributed by atoms with Gasteiger partial charge >= 0.3 is 0 Å². The van der Waals surface area contributed by atoms with Gasteiger partial charge in [-0.15, -0.1) is 0 Å². The van der Waals surface area contributed by atoms with Crippen LogP contribution >= 0.6 is 0 Å². The Kier molecular flexibility index (Phi) is 9.04. The molecule has 3 aromatic carbocycles. The van der Waals surface area contributed by atoms with Gasteiger partial charge < -0.3 is 10.2 Å². The molecule has 0 aliphatic carbocycles. The number of carbonyl (C=O) groups is 2. The van der Waals surface area contributed by atoms with Crippen LogP contribution in [0.5, 0.6) is 0 Å². The summed E-state index contributed by atoms with van der Waals surface area (Å²) in [5, 5.41) is 2.62. The maximum atomic E-state index is 13.9. The smallest absolute Gasteiger partial charge is 0.244 e. The average molecular weight is 526 g/mol. The maximum Gasteiger partial charge on any atom is 0.244 e. The third-order valence-corrected chi connectivity index (χ3v) is 7.22. The van der Waals surface area contributed by atoms with Gasteiger partial charge in [0.05, 0.1) is 11.9 Å². The lowest BCUT2D eigenvalue weighted by atomic mass is 10.0. The van der Waals surface area contributed by atoms with Gasteiger partial charge in [0.2, 0.25) is 21.8 Å². The molecule has 0 saturated heterocycles. The second-order valence-electron chi connectivity index (χ2n) is 9.03. The van der Waals surface area contributed by atoms with Crippen LogP contribution in [0.3, 0.4) is 0 Å². The van der Waals surface area contributed by atoms with Crippen molar-refractivity contribution in [3.8, 4) is 0 Å². The largest absolute Gasteiger partial charge is 0.357 e. The highest BCUT2D eigenvalue weighted by Crippen LogP contribution is 2.25. The molecule has 0 spiro atoms. The predicted octanol–water partition coefficient (Wildman–Crippen LogP) is 3.59. The molecule has 0 aliphatic rings. The molecule has 1 atom stereocenters. The van der Waals surface area contributed by atoms with Gasteiger partial charge in [0.25, 0.3) is 0 Å². The average Bonchev–Trinajstić information content (AvgIpc) is 2.86. The molecule has 2 amide bonds. The Hall–Kier alpha value is -3.72. The highest BCUT2D eigenvalue weighted by atomic mass is 32.2. The Labute approximate surface area is 218 Å². The van der Waals surface area contributed by atoms with Crippen molar-refractivity contribution in [3.05, 3.63) is 101 Å². The molecule has 0 unspecified atom stereocenters. The lowest BCUT2D eigenvalue weighted by Crippen LogP contribution is -2.53. The van der Waals surface area contributed by atoms with Crippen molar-refractivity contribution in [2.75, 3.05) is 24.2 Å². The van der Waals surface area contributed by atoms with Gasteiger partial charge in [-0.05, 0) is 54.3 Å². The number of sulfonamides is 1. The number of halogens is 1. The normalized spacial score (nSPS) is 12.0. The van der Waals surface area contributed by atoms with Crippen molar-refractivity contribution < 1.29 is 22.4 Å². The van der Waals surface area contributed by atoms with Crippen LogP contribution in [0.2, 0.25) is 0 Å². The van der Waals surface area contributed by atoms with Crippen LogP contribution in [0.15, 0.2) is 72.8 Å². The van der Waals surface area contributed by atoms with Gasteiger partial charge in [0.15, 0.2) is 0 Å². The number of carbonyl (C=O) groups excluding carboxylic acids is 2. The van der Waals surface area contributed by atoms with Crippen LogP contribution in [-0.4, -0.2) is 51.0 Å². The van der Waals surface area contributed by atoms with E-state index in [2.05, 4.69) is 5.32 Å². The maximum absolute atomic E-state index is 13.9. The van der Waals surface area contributed by atoms with E-state index in [1.54, 1.807) is 19.1 Å². The highest BCUT2D eigenvalue weighted by molar-refractivity contribution is 7.92. The van der Waals surface area contributed by atoms with E-state index in [4.69, 9.17) is 0 Å². The molecular weight excluding hydrogens is 493 g/mol. The summed E-state index contributed by atoms with van der Waals surface area (Å²) in [5.74, 6) is -1.37. The number of benzene rings is 3. The third-order valence-electron chi connectivity index (χ3n) is 6.10. The first-order valence-electron chi connectivity index (χ1n) is 11.8. The fourth-order valence-electron chi connectivity index (χ4n) is 4.09. The predicted molar refractivity (Wildman–Crippen MR) is 143 cm³/mol. The van der Waals surface area contributed by atoms with Crippen LogP contribution < -0.4 is 9.62 Å². The van der Waals surface area contributed by atoms with Gasteiger partial charge in [0.1, 0.15) is 18.4 Å². The summed E-state index contributed by atoms with van der Waals surface area (Å²) < 4.78 is 40.3. The fourth-order valence-corrected chi connectivity index (χ4v) is 4.99. The Balaban J connectivity index is 2.04. The van der Waals surface area contributed by atoms with Gasteiger partial charge in [-0.3, -0.25) is 13.9 Å². The standard InChI is InChI=1S/C28H32FN3O4S/c1-20-10-11-21(2)25(16-20)32(37(4,35)36)19-27(33)31(18-23-12-14-24(29)15-13-23)26(28(34)30-3)17-22-8-6-5-7-9-22/h5-16,26H,17-19H2,1-4H3,(H,30,34)/t26-/m0/s1. The Bertz CT molecular complexity index is 1350. The number of likely N-dealkylation sites (N-methyl/N-ethyl adjacent to an activating group) is 1. The first-order valence-corrected chi connectivity index (χ1v) is 13.7. The number of aryl methyl sites for hydroxylation is 2. The first-order chi connectivity index (χ1) is 17.5. The van der Waals surface area contributed by atoms with Crippen molar-refractivity contribution in [2.45, 2.75) is 32.9 Å². The number of hydrogen-bond donors (Lipinski definition) is 1. The molecular formula is C28H32FN3O4S. The van der Waals surface area contributed by atoms with E-state index in [9.17, 15) is 22.4 Å². The molecule has 0 saturated carbocycles. The molecule has 0 aliphatic heterocycles. The number of nitrogens with one attached hydrogen (secondary N) is 1. The summed E-state index contributed by atoms with van der Waals surface area (Å²) in [7, 11) is -2.35. The lowest BCUT2D eigenvalue weighted by molar-refractivity contribution is -0.139. The zero-order valence-electron chi connectivity index (χ0n) is 21.4. The Morgan fingerprint density at radius 2 is 1.59 bits per heavy atom. The number of rotatable bonds is 10. The van der Waals surface area contributed by atoms with E-state index in [1.807, 2.05) is 43.3 Å². The number of anilines is 1. The van der Waals surface area contributed by atoms with Gasteiger partial charge in [-0.25, -0.2) is 12.8 Å². The minimum Gasteiger partial charge on any atom is -0.357 e. The van der Waals surface area contributed by atoms with Crippen LogP contribution in [0.1, 0.15) is 22.3 Å². The SMILES string of the molecule is CNC(=O)[C@H](Cc1ccccc1)N(Cc1ccc(F)cc1)C(=O)CN(c1cc(C)ccc1C)S(C)(=O)=O. The lowest BCUT2D eigenvalue weighted by Gasteiger charge is -2.33. The first kappa shape index (κ1) is 27.9. The Morgan fingerprint density at radius 1 is 0.946 bits per heavy atom. The minimum atomic E-state index is -3.84. The molecule has 0 aromatic heterocycles. The zero-order valence-corrected chi connectivity index (χ0v) is 22.3. The minimum absolute atomic E-state index is 0.00552. The van der Waals surface area contributed by atoms with Crippen LogP contribution in [-0.2, 0) is 32.6 Å². The highest BCUT2D eigenvalue weighted by Gasteiger charge is 2.33. The monoisotopic (exact) mass is 525 g/mol. The molecule has 3 rings (SSSR count). The molecule has 9 heteroatoms. The van der Waals surface area contributed by atoms with Gasteiger partial charge in [0, 0.05) is 20.0 Å². The quantitative estimate of drug-likeness (QED) is 0.438. The van der Waals surface area contributed by atoms with E-state index in [1.165, 1.54) is 36.2 Å². The van der Waals surface area contributed by atoms with Gasteiger partial charge in [-0.2, -0.15) is 0 Å². The fraction of sp³-hybridized carbons (Fsp3) is 0.286. The van der Waals surface area contributed by atoms with Crippen molar-refractivity contribution >= 4 is 27.5 Å². The van der Waals surface area contributed by atoms with Crippen molar-refractivity contribution in [1.82, 2.24) is 10.2 Å². The van der Waals surface area contributed by atoms with E-state index in [-0.39, 0.29) is 13.0 Å². The molecule has 0 bridgehead atoms. The molecule has 3 aromatic rings. The zero-order chi connectivity index (χ0) is 27.2.